The largest absolute Gasteiger partial charge is 0.447 e. The Morgan fingerprint density at radius 3 is 2.04 bits per heavy atom. The van der Waals surface area contributed by atoms with Crippen LogP contribution in [0.5, 0.6) is 0 Å². The van der Waals surface area contributed by atoms with Crippen LogP contribution in [0.25, 0.3) is 0 Å². The molecule has 0 unspecified atom stereocenters. The summed E-state index contributed by atoms with van der Waals surface area (Å²) in [7, 11) is 0.821. The summed E-state index contributed by atoms with van der Waals surface area (Å²) in [6.45, 7) is 1.40. The maximum atomic E-state index is 13.8. The van der Waals surface area contributed by atoms with Gasteiger partial charge in [0.2, 0.25) is 0 Å². The van der Waals surface area contributed by atoms with E-state index in [2.05, 4.69) is 16.6 Å². The van der Waals surface area contributed by atoms with Crippen LogP contribution in [0.3, 0.4) is 0 Å². The van der Waals surface area contributed by atoms with Crippen molar-refractivity contribution in [2.45, 2.75) is 24.8 Å². The third kappa shape index (κ3) is 4.06. The zero-order chi connectivity index (χ0) is 19.2. The van der Waals surface area contributed by atoms with Gasteiger partial charge in [0, 0.05) is 18.2 Å². The molecule has 0 saturated carbocycles. The molecular formula is C20H17F3O3. The summed E-state index contributed by atoms with van der Waals surface area (Å²) in [5, 5.41) is 0. The number of benzene rings is 2. The van der Waals surface area contributed by atoms with Crippen molar-refractivity contribution in [1.29, 1.82) is 0 Å². The van der Waals surface area contributed by atoms with Gasteiger partial charge >= 0.3 is 12.1 Å². The van der Waals surface area contributed by atoms with E-state index in [1.165, 1.54) is 31.2 Å². The quantitative estimate of drug-likeness (QED) is 0.607. The van der Waals surface area contributed by atoms with Gasteiger partial charge in [-0.15, -0.1) is 0 Å². The Bertz CT molecular complexity index is 792. The standard InChI is InChI=1S/C20H17F3O3/c1-15(13-14-16-9-5-3-6-10-16)26-18(24)19(25-2,20(21,22)23)17-11-7-4-8-12-17/h3-12,15H,1-2H3/t15-,19-/m1/s1. The van der Waals surface area contributed by atoms with Crippen molar-refractivity contribution >= 4 is 5.97 Å². The summed E-state index contributed by atoms with van der Waals surface area (Å²) >= 11 is 0. The number of carbonyl (C=O) groups excluding carboxylic acids is 1. The summed E-state index contributed by atoms with van der Waals surface area (Å²) in [5.41, 5.74) is -2.91. The number of hydrogen-bond donors (Lipinski definition) is 0. The number of halogens is 3. The molecular weight excluding hydrogens is 345 g/mol. The number of hydrogen-bond acceptors (Lipinski definition) is 3. The number of esters is 1. The van der Waals surface area contributed by atoms with Gasteiger partial charge in [0.15, 0.2) is 6.10 Å². The highest BCUT2D eigenvalue weighted by molar-refractivity contribution is 5.83. The van der Waals surface area contributed by atoms with E-state index in [0.29, 0.717) is 5.56 Å². The molecule has 2 aromatic rings. The molecule has 0 aliphatic carbocycles. The monoisotopic (exact) mass is 362 g/mol. The van der Waals surface area contributed by atoms with E-state index in [9.17, 15) is 18.0 Å². The van der Waals surface area contributed by atoms with Gasteiger partial charge in [0.25, 0.3) is 5.60 Å². The lowest BCUT2D eigenvalue weighted by Crippen LogP contribution is -2.52. The highest BCUT2D eigenvalue weighted by atomic mass is 19.4. The normalized spacial score (nSPS) is 14.5. The zero-order valence-corrected chi connectivity index (χ0v) is 14.2. The topological polar surface area (TPSA) is 35.5 Å². The molecule has 0 heterocycles. The highest BCUT2D eigenvalue weighted by Crippen LogP contribution is 2.43. The van der Waals surface area contributed by atoms with E-state index in [0.717, 1.165) is 7.11 Å². The minimum atomic E-state index is -5.01. The molecule has 0 aliphatic heterocycles. The van der Waals surface area contributed by atoms with Gasteiger partial charge in [0.1, 0.15) is 0 Å². The molecule has 136 valence electrons. The first-order valence-electron chi connectivity index (χ1n) is 7.76. The van der Waals surface area contributed by atoms with E-state index in [-0.39, 0.29) is 5.56 Å². The van der Waals surface area contributed by atoms with Crippen molar-refractivity contribution in [2.24, 2.45) is 0 Å². The summed E-state index contributed by atoms with van der Waals surface area (Å²) in [6, 6.07) is 15.5. The minimum Gasteiger partial charge on any atom is -0.447 e. The van der Waals surface area contributed by atoms with Crippen LogP contribution in [-0.2, 0) is 19.9 Å². The second-order valence-corrected chi connectivity index (χ2v) is 5.43. The molecule has 0 spiro atoms. The molecule has 6 heteroatoms. The van der Waals surface area contributed by atoms with Crippen LogP contribution >= 0.6 is 0 Å². The maximum Gasteiger partial charge on any atom is 0.432 e. The minimum absolute atomic E-state index is 0.358. The molecule has 2 rings (SSSR count). The average Bonchev–Trinajstić information content (AvgIpc) is 2.61. The Hall–Kier alpha value is -2.78. The van der Waals surface area contributed by atoms with Gasteiger partial charge in [-0.3, -0.25) is 0 Å². The van der Waals surface area contributed by atoms with Crippen LogP contribution in [-0.4, -0.2) is 25.4 Å². The number of carbonyl (C=O) groups is 1. The molecule has 2 aromatic carbocycles. The Balaban J connectivity index is 2.29. The van der Waals surface area contributed by atoms with Crippen molar-refractivity contribution in [2.75, 3.05) is 7.11 Å². The lowest BCUT2D eigenvalue weighted by atomic mass is 9.92. The highest BCUT2D eigenvalue weighted by Gasteiger charge is 2.64. The zero-order valence-electron chi connectivity index (χ0n) is 14.2. The van der Waals surface area contributed by atoms with Crippen LogP contribution in [0, 0.1) is 11.8 Å². The predicted octanol–water partition coefficient (Wildman–Crippen LogP) is 4.07. The SMILES string of the molecule is CO[C@@](C(=O)O[C@H](C)C#Cc1ccccc1)(c1ccccc1)C(F)(F)F. The fourth-order valence-corrected chi connectivity index (χ4v) is 2.37. The first kappa shape index (κ1) is 19.5. The second-order valence-electron chi connectivity index (χ2n) is 5.43. The fraction of sp³-hybridized carbons (Fsp3) is 0.250. The van der Waals surface area contributed by atoms with Crippen LogP contribution < -0.4 is 0 Å². The first-order chi connectivity index (χ1) is 12.3. The van der Waals surface area contributed by atoms with E-state index in [1.54, 1.807) is 30.3 Å². The van der Waals surface area contributed by atoms with Crippen molar-refractivity contribution in [3.05, 3.63) is 71.8 Å². The molecule has 0 radical (unpaired) electrons. The molecule has 0 N–H and O–H groups in total. The molecule has 3 nitrogen and oxygen atoms in total. The van der Waals surface area contributed by atoms with E-state index in [4.69, 9.17) is 4.74 Å². The van der Waals surface area contributed by atoms with Crippen molar-refractivity contribution in [3.8, 4) is 11.8 Å². The van der Waals surface area contributed by atoms with Gasteiger partial charge in [-0.2, -0.15) is 13.2 Å². The number of rotatable bonds is 4. The third-order valence-electron chi connectivity index (χ3n) is 3.65. The summed E-state index contributed by atoms with van der Waals surface area (Å²) in [4.78, 5) is 12.4. The van der Waals surface area contributed by atoms with Gasteiger partial charge in [-0.05, 0) is 19.1 Å². The molecule has 0 amide bonds. The Labute approximate surface area is 149 Å². The summed E-state index contributed by atoms with van der Waals surface area (Å²) in [6.07, 6.45) is -6.06. The number of alkyl halides is 3. The van der Waals surface area contributed by atoms with E-state index < -0.39 is 23.9 Å². The smallest absolute Gasteiger partial charge is 0.432 e. The van der Waals surface area contributed by atoms with Crippen molar-refractivity contribution < 1.29 is 27.4 Å². The van der Waals surface area contributed by atoms with Crippen molar-refractivity contribution in [3.63, 3.8) is 0 Å². The molecule has 2 atom stereocenters. The number of methoxy groups -OCH3 is 1. The van der Waals surface area contributed by atoms with E-state index in [1.807, 2.05) is 6.07 Å². The fourth-order valence-electron chi connectivity index (χ4n) is 2.37. The van der Waals surface area contributed by atoms with Crippen LogP contribution in [0.2, 0.25) is 0 Å². The molecule has 0 fully saturated rings. The molecule has 0 saturated heterocycles. The summed E-state index contributed by atoms with van der Waals surface area (Å²) < 4.78 is 50.9. The Morgan fingerprint density at radius 1 is 1.00 bits per heavy atom. The predicted molar refractivity (Wildman–Crippen MR) is 90.1 cm³/mol. The van der Waals surface area contributed by atoms with Crippen LogP contribution in [0.4, 0.5) is 13.2 Å². The van der Waals surface area contributed by atoms with Crippen LogP contribution in [0.15, 0.2) is 60.7 Å². The lowest BCUT2D eigenvalue weighted by Gasteiger charge is -2.32. The molecule has 26 heavy (non-hydrogen) atoms. The molecule has 0 bridgehead atoms. The van der Waals surface area contributed by atoms with Crippen LogP contribution in [0.1, 0.15) is 18.1 Å². The molecule has 0 aromatic heterocycles. The number of ether oxygens (including phenoxy) is 2. The lowest BCUT2D eigenvalue weighted by molar-refractivity contribution is -0.277. The van der Waals surface area contributed by atoms with Crippen molar-refractivity contribution in [1.82, 2.24) is 0 Å². The average molecular weight is 362 g/mol. The van der Waals surface area contributed by atoms with Gasteiger partial charge in [0.05, 0.1) is 0 Å². The van der Waals surface area contributed by atoms with Gasteiger partial charge in [-0.1, -0.05) is 60.4 Å². The van der Waals surface area contributed by atoms with Gasteiger partial charge in [-0.25, -0.2) is 4.79 Å². The first-order valence-corrected chi connectivity index (χ1v) is 7.76. The Morgan fingerprint density at radius 2 is 1.54 bits per heavy atom. The second kappa shape index (κ2) is 8.07. The summed E-state index contributed by atoms with van der Waals surface area (Å²) in [5.74, 6) is 3.80. The Kier molecular flexibility index (Phi) is 6.06. The van der Waals surface area contributed by atoms with Gasteiger partial charge < -0.3 is 9.47 Å². The maximum absolute atomic E-state index is 13.8. The third-order valence-corrected chi connectivity index (χ3v) is 3.65. The molecule has 0 aliphatic rings. The van der Waals surface area contributed by atoms with E-state index >= 15 is 0 Å².